The zero-order valence-corrected chi connectivity index (χ0v) is 20.8. The number of carbonyl (C=O) groups excluding carboxylic acids is 2. The maximum absolute atomic E-state index is 12.1. The van der Waals surface area contributed by atoms with Gasteiger partial charge >= 0.3 is 0 Å². The summed E-state index contributed by atoms with van der Waals surface area (Å²) in [7, 11) is 4.96. The fraction of sp³-hybridized carbons (Fsp3) is 0.231. The lowest BCUT2D eigenvalue weighted by molar-refractivity contribution is -0.105. The number of nitrogens with zero attached hydrogens (tertiary/aromatic N) is 3. The first-order valence-electron chi connectivity index (χ1n) is 11.4. The minimum atomic E-state index is -0.220. The molecule has 2 amide bonds. The Morgan fingerprint density at radius 2 is 1.94 bits per heavy atom. The van der Waals surface area contributed by atoms with Crippen LogP contribution < -0.4 is 15.4 Å². The van der Waals surface area contributed by atoms with Crippen LogP contribution in [0.4, 0.5) is 17.2 Å². The number of hydrogen-bond donors (Lipinski definition) is 3. The Bertz CT molecular complexity index is 1470. The van der Waals surface area contributed by atoms with Crippen molar-refractivity contribution >= 4 is 52.0 Å². The van der Waals surface area contributed by atoms with Gasteiger partial charge in [0.1, 0.15) is 11.4 Å². The molecule has 1 aliphatic rings. The molecule has 2 heterocycles. The van der Waals surface area contributed by atoms with Crippen molar-refractivity contribution in [1.82, 2.24) is 20.1 Å². The summed E-state index contributed by atoms with van der Waals surface area (Å²) in [6.07, 6.45) is 1.67. The molecule has 2 aromatic carbocycles. The SMILES string of the molecule is COc1ccc(NC=O)c(C2CC2c2ccc3c(Nc4ccc(C(=O)N(C)C)nc4Cl)n[nH]c3c2)c1. The van der Waals surface area contributed by atoms with E-state index < -0.39 is 0 Å². The largest absolute Gasteiger partial charge is 0.497 e. The number of amides is 2. The van der Waals surface area contributed by atoms with E-state index in [2.05, 4.69) is 37.9 Å². The van der Waals surface area contributed by atoms with Gasteiger partial charge in [0.25, 0.3) is 5.91 Å². The van der Waals surface area contributed by atoms with Crippen LogP contribution in [0.15, 0.2) is 48.5 Å². The van der Waals surface area contributed by atoms with Crippen molar-refractivity contribution in [2.75, 3.05) is 31.8 Å². The van der Waals surface area contributed by atoms with Crippen LogP contribution in [0.2, 0.25) is 5.15 Å². The molecular formula is C26H25ClN6O3. The van der Waals surface area contributed by atoms with Crippen LogP contribution in [0.5, 0.6) is 5.75 Å². The van der Waals surface area contributed by atoms with Crippen LogP contribution in [0.3, 0.4) is 0 Å². The van der Waals surface area contributed by atoms with Gasteiger partial charge < -0.3 is 20.3 Å². The molecule has 2 atom stereocenters. The smallest absolute Gasteiger partial charge is 0.271 e. The number of rotatable bonds is 8. The van der Waals surface area contributed by atoms with Gasteiger partial charge in [-0.3, -0.25) is 14.7 Å². The minimum absolute atomic E-state index is 0.189. The van der Waals surface area contributed by atoms with Crippen LogP contribution >= 0.6 is 11.6 Å². The summed E-state index contributed by atoms with van der Waals surface area (Å²) in [6.45, 7) is 0. The molecule has 1 aliphatic carbocycles. The molecule has 5 rings (SSSR count). The molecule has 2 aromatic heterocycles. The summed E-state index contributed by atoms with van der Waals surface area (Å²) in [5.41, 5.74) is 4.77. The molecule has 184 valence electrons. The highest BCUT2D eigenvalue weighted by Gasteiger charge is 2.41. The molecule has 0 radical (unpaired) electrons. The number of methoxy groups -OCH3 is 1. The topological polar surface area (TPSA) is 112 Å². The van der Waals surface area contributed by atoms with Gasteiger partial charge in [0.15, 0.2) is 11.0 Å². The predicted octanol–water partition coefficient (Wildman–Crippen LogP) is 4.90. The number of aromatic amines is 1. The summed E-state index contributed by atoms with van der Waals surface area (Å²) in [4.78, 5) is 28.8. The fourth-order valence-electron chi connectivity index (χ4n) is 4.44. The number of halogens is 1. The van der Waals surface area contributed by atoms with E-state index in [0.717, 1.165) is 34.3 Å². The maximum Gasteiger partial charge on any atom is 0.271 e. The molecule has 0 aliphatic heterocycles. The second-order valence-corrected chi connectivity index (χ2v) is 9.26. The van der Waals surface area contributed by atoms with Gasteiger partial charge in [0, 0.05) is 25.2 Å². The normalized spacial score (nSPS) is 16.4. The van der Waals surface area contributed by atoms with Crippen molar-refractivity contribution < 1.29 is 14.3 Å². The monoisotopic (exact) mass is 504 g/mol. The number of ether oxygens (including phenoxy) is 1. The molecule has 9 nitrogen and oxygen atoms in total. The molecule has 2 unspecified atom stereocenters. The molecule has 10 heteroatoms. The van der Waals surface area contributed by atoms with E-state index in [-0.39, 0.29) is 22.7 Å². The van der Waals surface area contributed by atoms with E-state index in [9.17, 15) is 9.59 Å². The standard InChI is InChI=1S/C26H25ClN6O3/c1-33(2)26(35)22-9-8-21(24(27)29-22)30-25-16-6-4-14(10-23(16)31-32-25)17-12-18(17)19-11-15(36-3)5-7-20(19)28-13-34/h4-11,13,17-18H,12H2,1-3H3,(H,28,34)(H2,30,31,32). The van der Waals surface area contributed by atoms with Crippen molar-refractivity contribution in [3.63, 3.8) is 0 Å². The third-order valence-corrected chi connectivity index (χ3v) is 6.69. The van der Waals surface area contributed by atoms with Gasteiger partial charge in [0.05, 0.1) is 18.3 Å². The quantitative estimate of drug-likeness (QED) is 0.232. The molecule has 0 spiro atoms. The average molecular weight is 505 g/mol. The first-order valence-corrected chi connectivity index (χ1v) is 11.8. The van der Waals surface area contributed by atoms with E-state index in [1.54, 1.807) is 33.3 Å². The maximum atomic E-state index is 12.1. The van der Waals surface area contributed by atoms with Crippen molar-refractivity contribution in [3.8, 4) is 5.75 Å². The summed E-state index contributed by atoms with van der Waals surface area (Å²) >= 11 is 6.33. The number of fused-ring (bicyclic) bond motifs is 1. The van der Waals surface area contributed by atoms with Crippen molar-refractivity contribution in [2.45, 2.75) is 18.3 Å². The van der Waals surface area contributed by atoms with Crippen molar-refractivity contribution in [3.05, 3.63) is 70.5 Å². The Labute approximate surface area is 212 Å². The third kappa shape index (κ3) is 4.45. The summed E-state index contributed by atoms with van der Waals surface area (Å²) in [5, 5.41) is 14.6. The number of carbonyl (C=O) groups is 2. The fourth-order valence-corrected chi connectivity index (χ4v) is 4.64. The lowest BCUT2D eigenvalue weighted by atomic mass is 10.0. The summed E-state index contributed by atoms with van der Waals surface area (Å²) in [6, 6.07) is 15.3. The van der Waals surface area contributed by atoms with E-state index in [0.29, 0.717) is 23.8 Å². The van der Waals surface area contributed by atoms with Crippen LogP contribution in [0, 0.1) is 0 Å². The number of anilines is 3. The number of H-pyrrole nitrogens is 1. The highest BCUT2D eigenvalue weighted by molar-refractivity contribution is 6.32. The molecular weight excluding hydrogens is 480 g/mol. The zero-order valence-electron chi connectivity index (χ0n) is 20.0. The number of nitrogens with one attached hydrogen (secondary N) is 3. The Kier molecular flexibility index (Phi) is 6.24. The summed E-state index contributed by atoms with van der Waals surface area (Å²) in [5.74, 6) is 1.77. The third-order valence-electron chi connectivity index (χ3n) is 6.41. The average Bonchev–Trinajstić information content (AvgIpc) is 3.58. The Hall–Kier alpha value is -4.11. The van der Waals surface area contributed by atoms with E-state index in [1.807, 2.05) is 24.3 Å². The van der Waals surface area contributed by atoms with Gasteiger partial charge in [-0.2, -0.15) is 5.10 Å². The highest BCUT2D eigenvalue weighted by atomic mass is 35.5. The van der Waals surface area contributed by atoms with E-state index in [4.69, 9.17) is 16.3 Å². The molecule has 1 fully saturated rings. The van der Waals surface area contributed by atoms with Gasteiger partial charge in [0.2, 0.25) is 6.41 Å². The molecule has 0 bridgehead atoms. The van der Waals surface area contributed by atoms with Crippen molar-refractivity contribution in [1.29, 1.82) is 0 Å². The second kappa shape index (κ2) is 9.50. The van der Waals surface area contributed by atoms with Crippen LogP contribution in [-0.4, -0.2) is 53.6 Å². The molecule has 36 heavy (non-hydrogen) atoms. The second-order valence-electron chi connectivity index (χ2n) is 8.90. The van der Waals surface area contributed by atoms with Crippen LogP contribution in [0.1, 0.15) is 39.9 Å². The first kappa shape index (κ1) is 23.6. The van der Waals surface area contributed by atoms with Crippen molar-refractivity contribution in [2.24, 2.45) is 0 Å². The van der Waals surface area contributed by atoms with Crippen LogP contribution in [-0.2, 0) is 4.79 Å². The van der Waals surface area contributed by atoms with Gasteiger partial charge in [-0.05, 0) is 71.8 Å². The van der Waals surface area contributed by atoms with Gasteiger partial charge in [-0.1, -0.05) is 17.7 Å². The van der Waals surface area contributed by atoms with Gasteiger partial charge in [-0.25, -0.2) is 4.98 Å². The Morgan fingerprint density at radius 1 is 1.14 bits per heavy atom. The molecule has 3 N–H and O–H groups in total. The number of hydrogen-bond acceptors (Lipinski definition) is 6. The number of pyridine rings is 1. The first-order chi connectivity index (χ1) is 17.4. The molecule has 4 aromatic rings. The highest BCUT2D eigenvalue weighted by Crippen LogP contribution is 2.57. The molecule has 0 saturated heterocycles. The van der Waals surface area contributed by atoms with E-state index >= 15 is 0 Å². The Balaban J connectivity index is 1.36. The van der Waals surface area contributed by atoms with Crippen LogP contribution in [0.25, 0.3) is 10.9 Å². The van der Waals surface area contributed by atoms with Gasteiger partial charge in [-0.15, -0.1) is 0 Å². The predicted molar refractivity (Wildman–Crippen MR) is 139 cm³/mol. The summed E-state index contributed by atoms with van der Waals surface area (Å²) < 4.78 is 5.38. The lowest BCUT2D eigenvalue weighted by Crippen LogP contribution is -2.22. The zero-order chi connectivity index (χ0) is 25.4. The Morgan fingerprint density at radius 3 is 2.67 bits per heavy atom. The lowest BCUT2D eigenvalue weighted by Gasteiger charge is -2.11. The number of benzene rings is 2. The minimum Gasteiger partial charge on any atom is -0.497 e. The molecule has 1 saturated carbocycles. The van der Waals surface area contributed by atoms with E-state index in [1.165, 1.54) is 10.5 Å². The number of aromatic nitrogens is 3.